The Morgan fingerprint density at radius 1 is 1.24 bits per heavy atom. The molecule has 21 heavy (non-hydrogen) atoms. The monoisotopic (exact) mass is 295 g/mol. The van der Waals surface area contributed by atoms with E-state index in [0.717, 1.165) is 17.2 Å². The highest BCUT2D eigenvalue weighted by atomic mass is 19.4. The molecule has 0 spiro atoms. The lowest BCUT2D eigenvalue weighted by molar-refractivity contribution is -0.161. The number of benzene rings is 1. The van der Waals surface area contributed by atoms with Gasteiger partial charge in [-0.2, -0.15) is 13.2 Å². The standard InChI is InChI=1S/C16H16F3NO/c1-10-6-7-12(8-11(10)2)15(21)20-14-5-3-4-13(9-14)16(17,18)19/h3-8,13H,9H2,1-2H3,(H,20,21). The van der Waals surface area contributed by atoms with Crippen LogP contribution in [0.1, 0.15) is 27.9 Å². The molecule has 0 saturated carbocycles. The summed E-state index contributed by atoms with van der Waals surface area (Å²) in [7, 11) is 0. The predicted octanol–water partition coefficient (Wildman–Crippen LogP) is 4.06. The number of carbonyl (C=O) groups excluding carboxylic acids is 1. The molecule has 0 aromatic heterocycles. The van der Waals surface area contributed by atoms with Gasteiger partial charge in [0.25, 0.3) is 5.91 Å². The van der Waals surface area contributed by atoms with Crippen LogP contribution in [-0.2, 0) is 0 Å². The minimum atomic E-state index is -4.29. The number of amides is 1. The van der Waals surface area contributed by atoms with E-state index in [1.165, 1.54) is 12.2 Å². The van der Waals surface area contributed by atoms with Crippen molar-refractivity contribution in [2.45, 2.75) is 26.4 Å². The molecular weight excluding hydrogens is 279 g/mol. The minimum absolute atomic E-state index is 0.240. The third-order valence-electron chi connectivity index (χ3n) is 3.54. The van der Waals surface area contributed by atoms with Crippen molar-refractivity contribution >= 4 is 5.91 Å². The SMILES string of the molecule is Cc1ccc(C(=O)NC2=CC=CC(C(F)(F)F)C2)cc1C. The normalized spacial score (nSPS) is 18.3. The van der Waals surface area contributed by atoms with Gasteiger partial charge in [-0.3, -0.25) is 4.79 Å². The van der Waals surface area contributed by atoms with Gasteiger partial charge in [-0.05, 0) is 43.2 Å². The molecule has 2 rings (SSSR count). The summed E-state index contributed by atoms with van der Waals surface area (Å²) in [5.74, 6) is -1.93. The number of hydrogen-bond donors (Lipinski definition) is 1. The highest BCUT2D eigenvalue weighted by Crippen LogP contribution is 2.33. The first-order valence-electron chi connectivity index (χ1n) is 6.60. The van der Waals surface area contributed by atoms with E-state index in [2.05, 4.69) is 5.32 Å². The van der Waals surface area contributed by atoms with Gasteiger partial charge < -0.3 is 5.32 Å². The average molecular weight is 295 g/mol. The molecule has 5 heteroatoms. The molecule has 0 aliphatic heterocycles. The van der Waals surface area contributed by atoms with Gasteiger partial charge in [-0.25, -0.2) is 0 Å². The minimum Gasteiger partial charge on any atom is -0.326 e. The lowest BCUT2D eigenvalue weighted by Gasteiger charge is -2.21. The van der Waals surface area contributed by atoms with Crippen LogP contribution < -0.4 is 5.32 Å². The Morgan fingerprint density at radius 3 is 2.57 bits per heavy atom. The molecule has 1 aromatic rings. The van der Waals surface area contributed by atoms with Crippen molar-refractivity contribution in [1.29, 1.82) is 0 Å². The zero-order valence-electron chi connectivity index (χ0n) is 11.8. The van der Waals surface area contributed by atoms with E-state index in [1.807, 2.05) is 19.9 Å². The summed E-state index contributed by atoms with van der Waals surface area (Å²) in [6.07, 6.45) is -0.595. The summed E-state index contributed by atoms with van der Waals surface area (Å²) in [5, 5.41) is 2.55. The van der Waals surface area contributed by atoms with Crippen LogP contribution >= 0.6 is 0 Å². The number of halogens is 3. The van der Waals surface area contributed by atoms with Crippen molar-refractivity contribution in [3.63, 3.8) is 0 Å². The molecule has 1 unspecified atom stereocenters. The molecule has 1 aliphatic rings. The maximum absolute atomic E-state index is 12.7. The summed E-state index contributed by atoms with van der Waals surface area (Å²) in [5.41, 5.74) is 2.75. The molecule has 1 aromatic carbocycles. The highest BCUT2D eigenvalue weighted by molar-refractivity contribution is 5.95. The molecule has 112 valence electrons. The Balaban J connectivity index is 2.08. The maximum Gasteiger partial charge on any atom is 0.395 e. The summed E-state index contributed by atoms with van der Waals surface area (Å²) >= 11 is 0. The number of alkyl halides is 3. The molecule has 0 fully saturated rings. The second kappa shape index (κ2) is 5.76. The van der Waals surface area contributed by atoms with Crippen LogP contribution in [0.2, 0.25) is 0 Å². The van der Waals surface area contributed by atoms with Crippen molar-refractivity contribution in [1.82, 2.24) is 5.32 Å². The average Bonchev–Trinajstić information content (AvgIpc) is 2.41. The molecule has 0 radical (unpaired) electrons. The van der Waals surface area contributed by atoms with Crippen LogP contribution in [0.3, 0.4) is 0 Å². The van der Waals surface area contributed by atoms with Crippen LogP contribution in [0.15, 0.2) is 42.1 Å². The van der Waals surface area contributed by atoms with Crippen LogP contribution in [0.25, 0.3) is 0 Å². The zero-order valence-corrected chi connectivity index (χ0v) is 11.8. The zero-order chi connectivity index (χ0) is 15.6. The van der Waals surface area contributed by atoms with Crippen LogP contribution in [0.4, 0.5) is 13.2 Å². The number of allylic oxidation sites excluding steroid dienone is 4. The van der Waals surface area contributed by atoms with Crippen LogP contribution in [0.5, 0.6) is 0 Å². The Morgan fingerprint density at radius 2 is 1.95 bits per heavy atom. The lowest BCUT2D eigenvalue weighted by Crippen LogP contribution is -2.29. The van der Waals surface area contributed by atoms with E-state index in [1.54, 1.807) is 12.1 Å². The first-order valence-corrected chi connectivity index (χ1v) is 6.60. The molecule has 0 bridgehead atoms. The second-order valence-corrected chi connectivity index (χ2v) is 5.18. The number of hydrogen-bond acceptors (Lipinski definition) is 1. The van der Waals surface area contributed by atoms with Crippen molar-refractivity contribution in [3.8, 4) is 0 Å². The van der Waals surface area contributed by atoms with Crippen LogP contribution in [0, 0.1) is 19.8 Å². The second-order valence-electron chi connectivity index (χ2n) is 5.18. The van der Waals surface area contributed by atoms with Crippen molar-refractivity contribution in [3.05, 3.63) is 58.8 Å². The van der Waals surface area contributed by atoms with Crippen molar-refractivity contribution in [2.75, 3.05) is 0 Å². The van der Waals surface area contributed by atoms with Gasteiger partial charge in [-0.15, -0.1) is 0 Å². The van der Waals surface area contributed by atoms with E-state index >= 15 is 0 Å². The molecule has 2 nitrogen and oxygen atoms in total. The smallest absolute Gasteiger partial charge is 0.326 e. The summed E-state index contributed by atoms with van der Waals surface area (Å²) in [6, 6.07) is 5.21. The Hall–Kier alpha value is -2.04. The first kappa shape index (κ1) is 15.4. The molecule has 0 heterocycles. The fraction of sp³-hybridized carbons (Fsp3) is 0.312. The fourth-order valence-corrected chi connectivity index (χ4v) is 2.10. The van der Waals surface area contributed by atoms with E-state index in [-0.39, 0.29) is 18.0 Å². The topological polar surface area (TPSA) is 29.1 Å². The molecule has 1 amide bonds. The van der Waals surface area contributed by atoms with Gasteiger partial charge in [0.15, 0.2) is 0 Å². The summed E-state index contributed by atoms with van der Waals surface area (Å²) in [4.78, 5) is 12.1. The molecule has 1 N–H and O–H groups in total. The van der Waals surface area contributed by atoms with Gasteiger partial charge in [0.05, 0.1) is 5.92 Å². The Bertz CT molecular complexity index is 614. The highest BCUT2D eigenvalue weighted by Gasteiger charge is 2.38. The summed E-state index contributed by atoms with van der Waals surface area (Å²) in [6.45, 7) is 3.81. The Labute approximate surface area is 121 Å². The summed E-state index contributed by atoms with van der Waals surface area (Å²) < 4.78 is 38.0. The third kappa shape index (κ3) is 3.74. The number of nitrogens with one attached hydrogen (secondary N) is 1. The Kier molecular flexibility index (Phi) is 4.21. The van der Waals surface area contributed by atoms with E-state index in [0.29, 0.717) is 5.56 Å². The molecule has 1 aliphatic carbocycles. The van der Waals surface area contributed by atoms with Gasteiger partial charge in [0.1, 0.15) is 0 Å². The maximum atomic E-state index is 12.7. The molecule has 1 atom stereocenters. The third-order valence-corrected chi connectivity index (χ3v) is 3.54. The number of carbonyl (C=O) groups is 1. The van der Waals surface area contributed by atoms with Crippen molar-refractivity contribution < 1.29 is 18.0 Å². The lowest BCUT2D eigenvalue weighted by atomic mass is 9.97. The fourth-order valence-electron chi connectivity index (χ4n) is 2.10. The predicted molar refractivity (Wildman–Crippen MR) is 74.8 cm³/mol. The van der Waals surface area contributed by atoms with Gasteiger partial charge in [-0.1, -0.05) is 18.2 Å². The van der Waals surface area contributed by atoms with Gasteiger partial charge >= 0.3 is 6.18 Å². The number of rotatable bonds is 2. The van der Waals surface area contributed by atoms with Crippen LogP contribution in [-0.4, -0.2) is 12.1 Å². The number of aryl methyl sites for hydroxylation is 2. The van der Waals surface area contributed by atoms with E-state index in [4.69, 9.17) is 0 Å². The van der Waals surface area contributed by atoms with Crippen molar-refractivity contribution in [2.24, 2.45) is 5.92 Å². The molecular formula is C16H16F3NO. The molecule has 0 saturated heterocycles. The van der Waals surface area contributed by atoms with E-state index < -0.39 is 12.1 Å². The van der Waals surface area contributed by atoms with E-state index in [9.17, 15) is 18.0 Å². The van der Waals surface area contributed by atoms with Gasteiger partial charge in [0, 0.05) is 17.7 Å². The van der Waals surface area contributed by atoms with Gasteiger partial charge in [0.2, 0.25) is 0 Å². The first-order chi connectivity index (χ1) is 9.77. The quantitative estimate of drug-likeness (QED) is 0.876. The largest absolute Gasteiger partial charge is 0.395 e.